The third kappa shape index (κ3) is 5.97. The molecule has 0 unspecified atom stereocenters. The highest BCUT2D eigenvalue weighted by Crippen LogP contribution is 2.27. The van der Waals surface area contributed by atoms with Crippen LogP contribution in [-0.2, 0) is 9.53 Å². The first-order chi connectivity index (χ1) is 17.0. The Bertz CT molecular complexity index is 1260. The number of hydrogen-bond donors (Lipinski definition) is 1. The lowest BCUT2D eigenvalue weighted by atomic mass is 10.1. The Morgan fingerprint density at radius 1 is 1.17 bits per heavy atom. The summed E-state index contributed by atoms with van der Waals surface area (Å²) in [6.07, 6.45) is 3.22. The van der Waals surface area contributed by atoms with Crippen LogP contribution in [0.5, 0.6) is 0 Å². The van der Waals surface area contributed by atoms with Gasteiger partial charge in [-0.25, -0.2) is 4.68 Å². The fourth-order valence-corrected chi connectivity index (χ4v) is 3.72. The van der Waals surface area contributed by atoms with E-state index in [0.717, 1.165) is 18.8 Å². The summed E-state index contributed by atoms with van der Waals surface area (Å²) >= 11 is 0. The molecule has 1 fully saturated rings. The summed E-state index contributed by atoms with van der Waals surface area (Å²) in [6, 6.07) is 17.4. The van der Waals surface area contributed by atoms with Crippen LogP contribution in [0.1, 0.15) is 5.56 Å². The summed E-state index contributed by atoms with van der Waals surface area (Å²) in [4.78, 5) is 25.5. The molecular formula is C25H24N6O4. The number of carbonyl (C=O) groups is 1. The van der Waals surface area contributed by atoms with Crippen LogP contribution in [0, 0.1) is 21.4 Å². The van der Waals surface area contributed by atoms with Crippen molar-refractivity contribution in [1.82, 2.24) is 20.0 Å². The molecule has 0 saturated carbocycles. The second-order valence-corrected chi connectivity index (χ2v) is 7.90. The Kier molecular flexibility index (Phi) is 7.62. The van der Waals surface area contributed by atoms with Crippen molar-refractivity contribution >= 4 is 17.7 Å². The summed E-state index contributed by atoms with van der Waals surface area (Å²) in [5.74, 6) is -0.470. The standard InChI is InChI=1S/C25H24N6O4/c26-17-20(25(32)27-10-11-29-12-14-35-15-13-29)16-21-18-30(22-4-2-1-3-5-22)28-24(21)19-6-8-23(9-7-19)31(33)34/h1-9,16,18H,10-15H2,(H,27,32). The Morgan fingerprint density at radius 2 is 1.89 bits per heavy atom. The van der Waals surface area contributed by atoms with Crippen LogP contribution in [0.15, 0.2) is 66.4 Å². The normalized spacial score (nSPS) is 14.3. The van der Waals surface area contributed by atoms with Gasteiger partial charge in [-0.05, 0) is 30.3 Å². The molecule has 1 amide bonds. The zero-order valence-corrected chi connectivity index (χ0v) is 19.0. The molecule has 4 rings (SSSR count). The van der Waals surface area contributed by atoms with E-state index in [1.54, 1.807) is 23.0 Å². The van der Waals surface area contributed by atoms with E-state index in [0.29, 0.717) is 43.1 Å². The van der Waals surface area contributed by atoms with E-state index in [9.17, 15) is 20.2 Å². The topological polar surface area (TPSA) is 126 Å². The van der Waals surface area contributed by atoms with Crippen molar-refractivity contribution in [3.05, 3.63) is 82.0 Å². The zero-order valence-electron chi connectivity index (χ0n) is 19.0. The lowest BCUT2D eigenvalue weighted by Crippen LogP contribution is -2.41. The average molecular weight is 473 g/mol. The number of benzene rings is 2. The SMILES string of the molecule is N#CC(=Cc1cn(-c2ccccc2)nc1-c1ccc([N+](=O)[O-])cc1)C(=O)NCCN1CCOCC1. The number of nitro benzene ring substituents is 1. The van der Waals surface area contributed by atoms with Gasteiger partial charge in [-0.15, -0.1) is 0 Å². The number of nitrogens with one attached hydrogen (secondary N) is 1. The maximum Gasteiger partial charge on any atom is 0.269 e. The number of non-ortho nitro benzene ring substituents is 1. The van der Waals surface area contributed by atoms with Crippen molar-refractivity contribution in [1.29, 1.82) is 5.26 Å². The number of aromatic nitrogens is 2. The van der Waals surface area contributed by atoms with E-state index in [4.69, 9.17) is 4.74 Å². The van der Waals surface area contributed by atoms with Gasteiger partial charge in [0.1, 0.15) is 17.3 Å². The van der Waals surface area contributed by atoms with Crippen LogP contribution >= 0.6 is 0 Å². The fourth-order valence-electron chi connectivity index (χ4n) is 3.72. The minimum absolute atomic E-state index is 0.0364. The first-order valence-electron chi connectivity index (χ1n) is 11.1. The monoisotopic (exact) mass is 472 g/mol. The summed E-state index contributed by atoms with van der Waals surface area (Å²) in [7, 11) is 0. The molecule has 0 atom stereocenters. The van der Waals surface area contributed by atoms with E-state index in [1.807, 2.05) is 36.4 Å². The van der Waals surface area contributed by atoms with Crippen LogP contribution in [0.25, 0.3) is 23.0 Å². The summed E-state index contributed by atoms with van der Waals surface area (Å²) in [5.41, 5.74) is 2.37. The molecule has 0 aliphatic carbocycles. The highest BCUT2D eigenvalue weighted by molar-refractivity contribution is 6.02. The van der Waals surface area contributed by atoms with Gasteiger partial charge in [-0.2, -0.15) is 10.4 Å². The Balaban J connectivity index is 1.60. The molecule has 3 aromatic rings. The summed E-state index contributed by atoms with van der Waals surface area (Å²) in [5, 5.41) is 28.2. The Hall–Kier alpha value is -4.33. The van der Waals surface area contributed by atoms with Gasteiger partial charge in [0.15, 0.2) is 0 Å². The van der Waals surface area contributed by atoms with Gasteiger partial charge in [-0.3, -0.25) is 19.8 Å². The Labute approximate surface area is 202 Å². The minimum Gasteiger partial charge on any atom is -0.379 e. The van der Waals surface area contributed by atoms with Crippen molar-refractivity contribution in [3.63, 3.8) is 0 Å². The Morgan fingerprint density at radius 3 is 2.54 bits per heavy atom. The van der Waals surface area contributed by atoms with Crippen LogP contribution in [-0.4, -0.2) is 64.9 Å². The molecule has 1 aliphatic heterocycles. The maximum absolute atomic E-state index is 12.7. The lowest BCUT2D eigenvalue weighted by molar-refractivity contribution is -0.384. The van der Waals surface area contributed by atoms with Crippen molar-refractivity contribution in [2.24, 2.45) is 0 Å². The van der Waals surface area contributed by atoms with E-state index in [2.05, 4.69) is 15.3 Å². The van der Waals surface area contributed by atoms with Gasteiger partial charge in [0.2, 0.25) is 0 Å². The number of ether oxygens (including phenoxy) is 1. The second-order valence-electron chi connectivity index (χ2n) is 7.90. The van der Waals surface area contributed by atoms with Gasteiger partial charge in [0.25, 0.3) is 11.6 Å². The molecule has 1 aliphatic rings. The van der Waals surface area contributed by atoms with Gasteiger partial charge in [0, 0.05) is 55.6 Å². The molecule has 178 valence electrons. The van der Waals surface area contributed by atoms with Crippen molar-refractivity contribution in [2.45, 2.75) is 0 Å². The highest BCUT2D eigenvalue weighted by atomic mass is 16.6. The maximum atomic E-state index is 12.7. The second kappa shape index (κ2) is 11.2. The lowest BCUT2D eigenvalue weighted by Gasteiger charge is -2.26. The molecule has 2 aromatic carbocycles. The number of nitro groups is 1. The first kappa shape index (κ1) is 23.8. The highest BCUT2D eigenvalue weighted by Gasteiger charge is 2.17. The molecule has 10 nitrogen and oxygen atoms in total. The van der Waals surface area contributed by atoms with E-state index >= 15 is 0 Å². The predicted molar refractivity (Wildman–Crippen MR) is 130 cm³/mol. The fraction of sp³-hybridized carbons (Fsp3) is 0.240. The quantitative estimate of drug-likeness (QED) is 0.231. The van der Waals surface area contributed by atoms with Crippen molar-refractivity contribution < 1.29 is 14.5 Å². The molecule has 0 spiro atoms. The minimum atomic E-state index is -0.470. The van der Waals surface area contributed by atoms with Gasteiger partial charge >= 0.3 is 0 Å². The van der Waals surface area contributed by atoms with Gasteiger partial charge in [-0.1, -0.05) is 18.2 Å². The molecule has 0 bridgehead atoms. The van der Waals surface area contributed by atoms with Crippen LogP contribution in [0.2, 0.25) is 0 Å². The summed E-state index contributed by atoms with van der Waals surface area (Å²) < 4.78 is 6.97. The van der Waals surface area contributed by atoms with E-state index in [1.165, 1.54) is 18.2 Å². The van der Waals surface area contributed by atoms with Crippen molar-refractivity contribution in [3.8, 4) is 23.0 Å². The van der Waals surface area contributed by atoms with Gasteiger partial charge in [0.05, 0.1) is 23.8 Å². The number of rotatable bonds is 8. The van der Waals surface area contributed by atoms with Crippen LogP contribution < -0.4 is 5.32 Å². The van der Waals surface area contributed by atoms with Gasteiger partial charge < -0.3 is 10.1 Å². The molecule has 0 radical (unpaired) electrons. The van der Waals surface area contributed by atoms with E-state index < -0.39 is 10.8 Å². The van der Waals surface area contributed by atoms with Crippen LogP contribution in [0.3, 0.4) is 0 Å². The molecule has 10 heteroatoms. The number of nitriles is 1. The average Bonchev–Trinajstić information content (AvgIpc) is 3.32. The third-order valence-electron chi connectivity index (χ3n) is 5.60. The number of amides is 1. The molecular weight excluding hydrogens is 448 g/mol. The number of para-hydroxylation sites is 1. The number of carbonyl (C=O) groups excluding carboxylic acids is 1. The van der Waals surface area contributed by atoms with Crippen LogP contribution in [0.4, 0.5) is 5.69 Å². The summed E-state index contributed by atoms with van der Waals surface area (Å²) in [6.45, 7) is 4.06. The van der Waals surface area contributed by atoms with Crippen molar-refractivity contribution in [2.75, 3.05) is 39.4 Å². The molecule has 2 heterocycles. The molecule has 1 saturated heterocycles. The predicted octanol–water partition coefficient (Wildman–Crippen LogP) is 2.80. The smallest absolute Gasteiger partial charge is 0.269 e. The number of morpholine rings is 1. The molecule has 35 heavy (non-hydrogen) atoms. The number of hydrogen-bond acceptors (Lipinski definition) is 7. The molecule has 1 aromatic heterocycles. The molecule has 1 N–H and O–H groups in total. The first-order valence-corrected chi connectivity index (χ1v) is 11.1. The van der Waals surface area contributed by atoms with E-state index in [-0.39, 0.29) is 11.3 Å². The third-order valence-corrected chi connectivity index (χ3v) is 5.60. The number of nitrogens with zero attached hydrogens (tertiary/aromatic N) is 5. The largest absolute Gasteiger partial charge is 0.379 e. The zero-order chi connectivity index (χ0) is 24.6.